The fourth-order valence-corrected chi connectivity index (χ4v) is 5.72. The van der Waals surface area contributed by atoms with Crippen molar-refractivity contribution in [3.63, 3.8) is 0 Å². The van der Waals surface area contributed by atoms with Crippen molar-refractivity contribution in [1.82, 2.24) is 9.71 Å². The summed E-state index contributed by atoms with van der Waals surface area (Å²) < 4.78 is 27.4. The highest BCUT2D eigenvalue weighted by molar-refractivity contribution is 7.91. The third-order valence-corrected chi connectivity index (χ3v) is 7.02. The molecule has 0 aliphatic carbocycles. The number of sulfonamides is 1. The smallest absolute Gasteiger partial charge is 0.238 e. The summed E-state index contributed by atoms with van der Waals surface area (Å²) >= 11 is 0. The highest BCUT2D eigenvalue weighted by Crippen LogP contribution is 2.47. The van der Waals surface area contributed by atoms with Crippen LogP contribution in [-0.2, 0) is 25.0 Å². The summed E-state index contributed by atoms with van der Waals surface area (Å²) in [6.07, 6.45) is 3.13. The summed E-state index contributed by atoms with van der Waals surface area (Å²) in [7, 11) is -3.95. The van der Waals surface area contributed by atoms with E-state index in [1.54, 1.807) is 55.6 Å². The molecule has 0 bridgehead atoms. The second kappa shape index (κ2) is 7.11. The molecule has 3 N–H and O–H groups in total. The van der Waals surface area contributed by atoms with Crippen LogP contribution < -0.4 is 10.5 Å². The molecule has 1 aliphatic heterocycles. The van der Waals surface area contributed by atoms with Crippen LogP contribution in [0, 0.1) is 0 Å². The number of nitrogens with two attached hydrogens (primary N) is 1. The number of nitrogens with one attached hydrogen (secondary N) is 1. The zero-order valence-electron chi connectivity index (χ0n) is 14.8. The zero-order valence-corrected chi connectivity index (χ0v) is 15.6. The number of pyridine rings is 1. The molecule has 0 spiro atoms. The lowest BCUT2D eigenvalue weighted by molar-refractivity contribution is -0.125. The molecule has 3 unspecified atom stereocenters. The van der Waals surface area contributed by atoms with Gasteiger partial charge in [-0.2, -0.15) is 0 Å². The number of primary amides is 1. The summed E-state index contributed by atoms with van der Waals surface area (Å²) in [5.74, 6) is -2.09. The minimum atomic E-state index is -3.95. The fourth-order valence-electron chi connectivity index (χ4n) is 4.05. The van der Waals surface area contributed by atoms with Crippen molar-refractivity contribution in [3.8, 4) is 0 Å². The first-order valence-electron chi connectivity index (χ1n) is 8.62. The van der Waals surface area contributed by atoms with E-state index in [4.69, 9.17) is 5.73 Å². The normalized spacial score (nSPS) is 21.8. The number of nitrogens with zero attached hydrogens (tertiary/aromatic N) is 1. The summed E-state index contributed by atoms with van der Waals surface area (Å²) in [5, 5.41) is -1.12. The Balaban J connectivity index is 2.31. The van der Waals surface area contributed by atoms with E-state index in [0.717, 1.165) is 0 Å². The molecule has 8 heteroatoms. The Labute approximate surface area is 158 Å². The lowest BCUT2D eigenvalue weighted by Gasteiger charge is -2.40. The Morgan fingerprint density at radius 3 is 2.48 bits per heavy atom. The van der Waals surface area contributed by atoms with Gasteiger partial charge in [-0.3, -0.25) is 19.3 Å². The van der Waals surface area contributed by atoms with Gasteiger partial charge in [0.1, 0.15) is 0 Å². The lowest BCUT2D eigenvalue weighted by atomic mass is 9.64. The van der Waals surface area contributed by atoms with E-state index >= 15 is 0 Å². The molecule has 0 radical (unpaired) electrons. The van der Waals surface area contributed by atoms with Crippen LogP contribution in [0.5, 0.6) is 0 Å². The molecule has 2 aromatic rings. The van der Waals surface area contributed by atoms with Gasteiger partial charge in [-0.25, -0.2) is 8.42 Å². The second-order valence-electron chi connectivity index (χ2n) is 6.63. The van der Waals surface area contributed by atoms with Gasteiger partial charge in [0.25, 0.3) is 0 Å². The van der Waals surface area contributed by atoms with E-state index in [2.05, 4.69) is 4.98 Å². The maximum Gasteiger partial charge on any atom is 0.238 e. The van der Waals surface area contributed by atoms with E-state index in [-0.39, 0.29) is 12.8 Å². The van der Waals surface area contributed by atoms with Crippen molar-refractivity contribution in [1.29, 1.82) is 0 Å². The molecule has 3 rings (SSSR count). The number of hydrogen-bond donors (Lipinski definition) is 2. The first-order chi connectivity index (χ1) is 12.8. The van der Waals surface area contributed by atoms with Crippen molar-refractivity contribution in [3.05, 3.63) is 66.0 Å². The minimum Gasteiger partial charge on any atom is -0.369 e. The molecular formula is C19H21N3O4S. The number of amides is 2. The summed E-state index contributed by atoms with van der Waals surface area (Å²) in [4.78, 5) is 28.8. The summed E-state index contributed by atoms with van der Waals surface area (Å²) in [5.41, 5.74) is 5.74. The van der Waals surface area contributed by atoms with Crippen LogP contribution in [-0.4, -0.2) is 30.5 Å². The second-order valence-corrected chi connectivity index (χ2v) is 8.53. The third-order valence-electron chi connectivity index (χ3n) is 5.27. The van der Waals surface area contributed by atoms with Gasteiger partial charge in [-0.1, -0.05) is 43.3 Å². The van der Waals surface area contributed by atoms with Crippen LogP contribution in [0.1, 0.15) is 36.8 Å². The van der Waals surface area contributed by atoms with Crippen LogP contribution in [0.2, 0.25) is 0 Å². The van der Waals surface area contributed by atoms with Crippen molar-refractivity contribution in [2.24, 2.45) is 5.73 Å². The quantitative estimate of drug-likeness (QED) is 0.772. The zero-order chi connectivity index (χ0) is 19.7. The van der Waals surface area contributed by atoms with Crippen molar-refractivity contribution >= 4 is 21.8 Å². The Bertz CT molecular complexity index is 947. The minimum absolute atomic E-state index is 0.232. The topological polar surface area (TPSA) is 119 Å². The highest BCUT2D eigenvalue weighted by atomic mass is 32.2. The maximum absolute atomic E-state index is 12.8. The number of rotatable bonds is 6. The number of benzene rings is 1. The molecule has 2 heterocycles. The van der Waals surface area contributed by atoms with Gasteiger partial charge in [-0.15, -0.1) is 0 Å². The Hall–Kier alpha value is -2.74. The Kier molecular flexibility index (Phi) is 5.01. The standard InChI is InChI=1S/C19H21N3O4S/c1-2-19(18(20)24,14-8-4-3-5-9-14)17(13-7-6-10-21-12-13)15-11-16(23)22-27(15,25)26/h3-10,12,15,17H,2,11H2,1H3,(H2,20,24)(H,22,23). The van der Waals surface area contributed by atoms with E-state index in [0.29, 0.717) is 11.1 Å². The van der Waals surface area contributed by atoms with Crippen molar-refractivity contribution in [2.45, 2.75) is 36.3 Å². The molecule has 1 aliphatic rings. The number of carbonyl (C=O) groups excluding carboxylic acids is 2. The third kappa shape index (κ3) is 3.21. The van der Waals surface area contributed by atoms with Gasteiger partial charge in [-0.05, 0) is 23.6 Å². The van der Waals surface area contributed by atoms with Gasteiger partial charge in [0, 0.05) is 24.7 Å². The molecule has 1 aromatic carbocycles. The van der Waals surface area contributed by atoms with Crippen LogP contribution in [0.4, 0.5) is 0 Å². The van der Waals surface area contributed by atoms with Gasteiger partial charge in [0.15, 0.2) is 0 Å². The van der Waals surface area contributed by atoms with Crippen LogP contribution >= 0.6 is 0 Å². The van der Waals surface area contributed by atoms with Gasteiger partial charge < -0.3 is 5.73 Å². The SMILES string of the molecule is CCC(C(N)=O)(c1ccccc1)C(c1cccnc1)C1CC(=O)NS1(=O)=O. The average Bonchev–Trinajstić information content (AvgIpc) is 2.92. The Morgan fingerprint density at radius 2 is 2.00 bits per heavy atom. The van der Waals surface area contributed by atoms with Crippen molar-refractivity contribution < 1.29 is 18.0 Å². The van der Waals surface area contributed by atoms with Gasteiger partial charge in [0.2, 0.25) is 21.8 Å². The molecule has 142 valence electrons. The van der Waals surface area contributed by atoms with E-state index in [9.17, 15) is 18.0 Å². The van der Waals surface area contributed by atoms with E-state index in [1.807, 2.05) is 4.72 Å². The predicted octanol–water partition coefficient (Wildman–Crippen LogP) is 1.22. The number of carbonyl (C=O) groups is 2. The summed E-state index contributed by atoms with van der Waals surface area (Å²) in [6, 6.07) is 12.3. The number of aromatic nitrogens is 1. The van der Waals surface area contributed by atoms with Gasteiger partial charge in [0.05, 0.1) is 10.7 Å². The van der Waals surface area contributed by atoms with Crippen LogP contribution in [0.3, 0.4) is 0 Å². The molecule has 1 aromatic heterocycles. The molecule has 27 heavy (non-hydrogen) atoms. The maximum atomic E-state index is 12.8. The largest absolute Gasteiger partial charge is 0.369 e. The van der Waals surface area contributed by atoms with Crippen LogP contribution in [0.25, 0.3) is 0 Å². The molecule has 3 atom stereocenters. The average molecular weight is 387 g/mol. The van der Waals surface area contributed by atoms with Crippen molar-refractivity contribution in [2.75, 3.05) is 0 Å². The van der Waals surface area contributed by atoms with E-state index in [1.165, 1.54) is 6.20 Å². The first-order valence-corrected chi connectivity index (χ1v) is 10.2. The predicted molar refractivity (Wildman–Crippen MR) is 100 cm³/mol. The van der Waals surface area contributed by atoms with E-state index < -0.39 is 38.4 Å². The summed E-state index contributed by atoms with van der Waals surface area (Å²) in [6.45, 7) is 1.79. The molecule has 1 saturated heterocycles. The van der Waals surface area contributed by atoms with Gasteiger partial charge >= 0.3 is 0 Å². The highest BCUT2D eigenvalue weighted by Gasteiger charge is 2.55. The molecular weight excluding hydrogens is 366 g/mol. The molecule has 0 saturated carbocycles. The lowest BCUT2D eigenvalue weighted by Crippen LogP contribution is -2.51. The molecule has 7 nitrogen and oxygen atoms in total. The van der Waals surface area contributed by atoms with Crippen LogP contribution in [0.15, 0.2) is 54.9 Å². The number of hydrogen-bond acceptors (Lipinski definition) is 5. The monoisotopic (exact) mass is 387 g/mol. The first kappa shape index (κ1) is 19.0. The fraction of sp³-hybridized carbons (Fsp3) is 0.316. The molecule has 1 fully saturated rings. The molecule has 2 amide bonds. The Morgan fingerprint density at radius 1 is 1.30 bits per heavy atom.